The monoisotopic (exact) mass is 330 g/mol. The molecule has 0 amide bonds. The highest BCUT2D eigenvalue weighted by molar-refractivity contribution is 7.89. The maximum absolute atomic E-state index is 12.9. The molecule has 1 aliphatic rings. The molecule has 1 aliphatic heterocycles. The molecule has 118 valence electrons. The number of sulfonamides is 1. The molecule has 21 heavy (non-hydrogen) atoms. The van der Waals surface area contributed by atoms with Crippen LogP contribution < -0.4 is 5.73 Å². The van der Waals surface area contributed by atoms with Gasteiger partial charge in [-0.2, -0.15) is 4.31 Å². The number of benzene rings is 1. The number of hydrogen-bond donors (Lipinski definition) is 1. The molecule has 1 aromatic carbocycles. The van der Waals surface area contributed by atoms with Gasteiger partial charge < -0.3 is 5.73 Å². The standard InChI is InChI=1S/C15H23ClN2O2S/c1-9-5-10(2)12(4)18(8-9)21(19,20)13-6-11(3)15(16)14(17)7-13/h6-7,9-10,12H,5,8,17H2,1-4H3. The molecule has 1 saturated heterocycles. The number of nitrogen functional groups attached to an aromatic ring is 1. The number of nitrogens with two attached hydrogens (primary N) is 1. The molecule has 3 atom stereocenters. The normalized spacial score (nSPS) is 27.8. The Morgan fingerprint density at radius 1 is 1.29 bits per heavy atom. The van der Waals surface area contributed by atoms with Gasteiger partial charge in [0.15, 0.2) is 0 Å². The maximum Gasteiger partial charge on any atom is 0.243 e. The first-order valence-electron chi connectivity index (χ1n) is 7.22. The largest absolute Gasteiger partial charge is 0.397 e. The summed E-state index contributed by atoms with van der Waals surface area (Å²) >= 11 is 6.03. The van der Waals surface area contributed by atoms with Gasteiger partial charge in [-0.1, -0.05) is 25.4 Å². The fraction of sp³-hybridized carbons (Fsp3) is 0.600. The number of hydrogen-bond acceptors (Lipinski definition) is 3. The van der Waals surface area contributed by atoms with Gasteiger partial charge in [-0.25, -0.2) is 8.42 Å². The van der Waals surface area contributed by atoms with Crippen molar-refractivity contribution >= 4 is 27.3 Å². The summed E-state index contributed by atoms with van der Waals surface area (Å²) in [5, 5.41) is 0.419. The van der Waals surface area contributed by atoms with Gasteiger partial charge in [0.1, 0.15) is 0 Å². The summed E-state index contributed by atoms with van der Waals surface area (Å²) in [4.78, 5) is 0.232. The molecule has 0 saturated carbocycles. The van der Waals surface area contributed by atoms with E-state index >= 15 is 0 Å². The van der Waals surface area contributed by atoms with Gasteiger partial charge >= 0.3 is 0 Å². The van der Waals surface area contributed by atoms with Crippen LogP contribution >= 0.6 is 11.6 Å². The maximum atomic E-state index is 12.9. The van der Waals surface area contributed by atoms with E-state index in [4.69, 9.17) is 17.3 Å². The summed E-state index contributed by atoms with van der Waals surface area (Å²) in [6.07, 6.45) is 1.05. The Balaban J connectivity index is 2.46. The van der Waals surface area contributed by atoms with Crippen LogP contribution in [0.25, 0.3) is 0 Å². The molecule has 3 unspecified atom stereocenters. The van der Waals surface area contributed by atoms with Crippen LogP contribution in [0.3, 0.4) is 0 Å². The lowest BCUT2D eigenvalue weighted by atomic mass is 9.88. The lowest BCUT2D eigenvalue weighted by molar-refractivity contribution is 0.157. The van der Waals surface area contributed by atoms with Crippen LogP contribution in [0.5, 0.6) is 0 Å². The van der Waals surface area contributed by atoms with Crippen LogP contribution in [0.1, 0.15) is 32.8 Å². The summed E-state index contributed by atoms with van der Waals surface area (Å²) in [7, 11) is -3.54. The van der Waals surface area contributed by atoms with E-state index in [1.807, 2.05) is 6.92 Å². The minimum Gasteiger partial charge on any atom is -0.397 e. The molecule has 0 aliphatic carbocycles. The van der Waals surface area contributed by atoms with Gasteiger partial charge in [0, 0.05) is 12.6 Å². The summed E-state index contributed by atoms with van der Waals surface area (Å²) in [6, 6.07) is 3.05. The smallest absolute Gasteiger partial charge is 0.243 e. The molecule has 1 fully saturated rings. The van der Waals surface area contributed by atoms with E-state index in [0.29, 0.717) is 34.7 Å². The van der Waals surface area contributed by atoms with Gasteiger partial charge in [0.25, 0.3) is 0 Å². The summed E-state index contributed by atoms with van der Waals surface area (Å²) in [6.45, 7) is 8.48. The quantitative estimate of drug-likeness (QED) is 0.846. The Morgan fingerprint density at radius 2 is 1.90 bits per heavy atom. The molecule has 4 nitrogen and oxygen atoms in total. The van der Waals surface area contributed by atoms with Crippen LogP contribution in [0.2, 0.25) is 5.02 Å². The van der Waals surface area contributed by atoms with Crippen LogP contribution in [0.15, 0.2) is 17.0 Å². The third kappa shape index (κ3) is 3.05. The summed E-state index contributed by atoms with van der Waals surface area (Å²) < 4.78 is 27.5. The van der Waals surface area contributed by atoms with Crippen molar-refractivity contribution in [1.29, 1.82) is 0 Å². The van der Waals surface area contributed by atoms with Crippen molar-refractivity contribution < 1.29 is 8.42 Å². The fourth-order valence-corrected chi connectivity index (χ4v) is 5.11. The molecule has 0 radical (unpaired) electrons. The van der Waals surface area contributed by atoms with Crippen molar-refractivity contribution in [1.82, 2.24) is 4.31 Å². The first-order chi connectivity index (χ1) is 9.64. The molecule has 6 heteroatoms. The Kier molecular flexibility index (Phi) is 4.57. The molecule has 0 bridgehead atoms. The van der Waals surface area contributed by atoms with Gasteiger partial charge in [0.2, 0.25) is 10.0 Å². The molecular weight excluding hydrogens is 308 g/mol. The van der Waals surface area contributed by atoms with Crippen molar-refractivity contribution in [2.75, 3.05) is 12.3 Å². The third-order valence-corrected chi connectivity index (χ3v) is 6.85. The lowest BCUT2D eigenvalue weighted by Crippen LogP contribution is -2.48. The number of piperidine rings is 1. The van der Waals surface area contributed by atoms with Crippen LogP contribution in [0.4, 0.5) is 5.69 Å². The predicted molar refractivity (Wildman–Crippen MR) is 86.9 cm³/mol. The zero-order chi connectivity index (χ0) is 15.9. The van der Waals surface area contributed by atoms with Crippen molar-refractivity contribution in [2.24, 2.45) is 11.8 Å². The van der Waals surface area contributed by atoms with Gasteiger partial charge in [-0.05, 0) is 49.8 Å². The van der Waals surface area contributed by atoms with E-state index in [2.05, 4.69) is 13.8 Å². The number of nitrogens with zero attached hydrogens (tertiary/aromatic N) is 1. The minimum absolute atomic E-state index is 0.0107. The first-order valence-corrected chi connectivity index (χ1v) is 9.03. The zero-order valence-corrected chi connectivity index (χ0v) is 14.5. The SMILES string of the molecule is Cc1cc(S(=O)(=O)N2CC(C)CC(C)C2C)cc(N)c1Cl. The average molecular weight is 331 g/mol. The second-order valence-electron chi connectivity index (χ2n) is 6.28. The van der Waals surface area contributed by atoms with Crippen LogP contribution in [0, 0.1) is 18.8 Å². The van der Waals surface area contributed by atoms with Crippen molar-refractivity contribution in [2.45, 2.75) is 45.1 Å². The minimum atomic E-state index is -3.54. The lowest BCUT2D eigenvalue weighted by Gasteiger charge is -2.40. The van der Waals surface area contributed by atoms with E-state index in [1.165, 1.54) is 6.07 Å². The topological polar surface area (TPSA) is 63.4 Å². The highest BCUT2D eigenvalue weighted by atomic mass is 35.5. The molecular formula is C15H23ClN2O2S. The van der Waals surface area contributed by atoms with Gasteiger partial charge in [-0.3, -0.25) is 0 Å². The van der Waals surface area contributed by atoms with E-state index < -0.39 is 10.0 Å². The fourth-order valence-electron chi connectivity index (χ4n) is 3.03. The van der Waals surface area contributed by atoms with Crippen molar-refractivity contribution in [3.63, 3.8) is 0 Å². The second-order valence-corrected chi connectivity index (χ2v) is 8.55. The molecule has 2 rings (SSSR count). The Morgan fingerprint density at radius 3 is 2.48 bits per heavy atom. The number of anilines is 1. The average Bonchev–Trinajstić information content (AvgIpc) is 2.39. The summed E-state index contributed by atoms with van der Waals surface area (Å²) in [5.41, 5.74) is 6.81. The van der Waals surface area contributed by atoms with Gasteiger partial charge in [0.05, 0.1) is 15.6 Å². The third-order valence-electron chi connectivity index (χ3n) is 4.41. The summed E-state index contributed by atoms with van der Waals surface area (Å²) in [5.74, 6) is 0.700. The highest BCUT2D eigenvalue weighted by Crippen LogP contribution is 2.34. The Bertz CT molecular complexity index is 622. The Hall–Kier alpha value is -0.780. The zero-order valence-electron chi connectivity index (χ0n) is 12.9. The molecule has 1 heterocycles. The number of halogens is 1. The van der Waals surface area contributed by atoms with Gasteiger partial charge in [-0.15, -0.1) is 0 Å². The van der Waals surface area contributed by atoms with Crippen molar-refractivity contribution in [3.8, 4) is 0 Å². The van der Waals surface area contributed by atoms with Crippen molar-refractivity contribution in [3.05, 3.63) is 22.7 Å². The molecule has 0 spiro atoms. The van der Waals surface area contributed by atoms with E-state index in [-0.39, 0.29) is 10.9 Å². The van der Waals surface area contributed by atoms with E-state index in [0.717, 1.165) is 6.42 Å². The molecule has 1 aromatic rings. The molecule has 2 N–H and O–H groups in total. The second kappa shape index (κ2) is 5.78. The number of aryl methyl sites for hydroxylation is 1. The van der Waals surface area contributed by atoms with E-state index in [1.54, 1.807) is 17.3 Å². The highest BCUT2D eigenvalue weighted by Gasteiger charge is 2.37. The van der Waals surface area contributed by atoms with Crippen LogP contribution in [-0.4, -0.2) is 25.3 Å². The van der Waals surface area contributed by atoms with Crippen LogP contribution in [-0.2, 0) is 10.0 Å². The van der Waals surface area contributed by atoms with E-state index in [9.17, 15) is 8.42 Å². The Labute approximate surface area is 132 Å². The first kappa shape index (κ1) is 16.6. The molecule has 0 aromatic heterocycles. The number of rotatable bonds is 2. The predicted octanol–water partition coefficient (Wildman–Crippen LogP) is 3.29.